The van der Waals surface area contributed by atoms with Crippen LogP contribution < -0.4 is 10.0 Å². The van der Waals surface area contributed by atoms with E-state index in [0.29, 0.717) is 31.7 Å². The van der Waals surface area contributed by atoms with Crippen molar-refractivity contribution in [1.29, 1.82) is 0 Å². The fraction of sp³-hybridized carbons (Fsp3) is 0.588. The Morgan fingerprint density at radius 3 is 2.52 bits per heavy atom. The zero-order valence-electron chi connectivity index (χ0n) is 15.2. The average Bonchev–Trinajstić information content (AvgIpc) is 2.53. The molecule has 1 aromatic carbocycles. The molecule has 1 aromatic rings. The third-order valence-electron chi connectivity index (χ3n) is 3.57. The summed E-state index contributed by atoms with van der Waals surface area (Å²) in [6.45, 7) is 8.60. The lowest BCUT2D eigenvalue weighted by molar-refractivity contribution is 0.0696. The lowest BCUT2D eigenvalue weighted by atomic mass is 10.2. The van der Waals surface area contributed by atoms with Gasteiger partial charge in [0, 0.05) is 19.2 Å². The molecule has 8 heteroatoms. The molecule has 0 amide bonds. The lowest BCUT2D eigenvalue weighted by Crippen LogP contribution is -2.32. The lowest BCUT2D eigenvalue weighted by Gasteiger charge is -2.17. The predicted octanol–water partition coefficient (Wildman–Crippen LogP) is 2.69. The Labute approximate surface area is 149 Å². The maximum absolute atomic E-state index is 12.6. The second-order valence-electron chi connectivity index (χ2n) is 6.15. The van der Waals surface area contributed by atoms with E-state index < -0.39 is 16.0 Å². The van der Waals surface area contributed by atoms with Crippen LogP contribution >= 0.6 is 0 Å². The van der Waals surface area contributed by atoms with Gasteiger partial charge >= 0.3 is 5.97 Å². The van der Waals surface area contributed by atoms with E-state index in [2.05, 4.69) is 10.0 Å². The second kappa shape index (κ2) is 9.74. The molecule has 0 bridgehead atoms. The van der Waals surface area contributed by atoms with Gasteiger partial charge in [-0.05, 0) is 51.8 Å². The van der Waals surface area contributed by atoms with Crippen LogP contribution in [0.3, 0.4) is 0 Å². The van der Waals surface area contributed by atoms with Crippen molar-refractivity contribution in [2.45, 2.75) is 57.6 Å². The van der Waals surface area contributed by atoms with Crippen molar-refractivity contribution < 1.29 is 23.1 Å². The van der Waals surface area contributed by atoms with E-state index in [-0.39, 0.29) is 22.6 Å². The van der Waals surface area contributed by atoms with E-state index >= 15 is 0 Å². The molecule has 0 aliphatic carbocycles. The molecule has 0 fully saturated rings. The minimum absolute atomic E-state index is 0.0579. The maximum Gasteiger partial charge on any atom is 0.335 e. The van der Waals surface area contributed by atoms with Gasteiger partial charge in [0.1, 0.15) is 4.90 Å². The van der Waals surface area contributed by atoms with Crippen molar-refractivity contribution in [1.82, 2.24) is 4.72 Å². The number of carboxylic acids is 1. The van der Waals surface area contributed by atoms with Gasteiger partial charge in [-0.25, -0.2) is 17.9 Å². The monoisotopic (exact) mass is 372 g/mol. The quantitative estimate of drug-likeness (QED) is 0.516. The van der Waals surface area contributed by atoms with E-state index in [4.69, 9.17) is 9.84 Å². The summed E-state index contributed by atoms with van der Waals surface area (Å²) in [4.78, 5) is 11.1. The van der Waals surface area contributed by atoms with Crippen LogP contribution in [0.2, 0.25) is 0 Å². The van der Waals surface area contributed by atoms with Crippen molar-refractivity contribution in [2.75, 3.05) is 18.5 Å². The number of hydrogen-bond donors (Lipinski definition) is 3. The molecular weight excluding hydrogens is 344 g/mol. The molecule has 0 saturated carbocycles. The molecular formula is C17H28N2O5S. The number of ether oxygens (including phenoxy) is 1. The van der Waals surface area contributed by atoms with E-state index in [1.807, 2.05) is 20.8 Å². The molecule has 0 aliphatic heterocycles. The van der Waals surface area contributed by atoms with Crippen LogP contribution in [-0.2, 0) is 14.8 Å². The van der Waals surface area contributed by atoms with E-state index in [1.165, 1.54) is 18.2 Å². The van der Waals surface area contributed by atoms with Crippen molar-refractivity contribution >= 4 is 21.7 Å². The van der Waals surface area contributed by atoms with Crippen molar-refractivity contribution in [3.8, 4) is 0 Å². The summed E-state index contributed by atoms with van der Waals surface area (Å²) in [5.74, 6) is -1.17. The third kappa shape index (κ3) is 7.01. The molecule has 0 heterocycles. The zero-order chi connectivity index (χ0) is 19.0. The summed E-state index contributed by atoms with van der Waals surface area (Å²) in [5.41, 5.74) is 0.309. The fourth-order valence-electron chi connectivity index (χ4n) is 2.05. The molecule has 0 saturated heterocycles. The number of carboxylic acid groups (broad SMARTS) is 1. The molecule has 0 spiro atoms. The van der Waals surface area contributed by atoms with Gasteiger partial charge in [-0.3, -0.25) is 0 Å². The predicted molar refractivity (Wildman–Crippen MR) is 97.7 cm³/mol. The zero-order valence-corrected chi connectivity index (χ0v) is 16.0. The van der Waals surface area contributed by atoms with Crippen LogP contribution in [0.4, 0.5) is 5.69 Å². The number of hydrogen-bond acceptors (Lipinski definition) is 5. The highest BCUT2D eigenvalue weighted by Crippen LogP contribution is 2.23. The fourth-order valence-corrected chi connectivity index (χ4v) is 3.58. The Hall–Kier alpha value is -1.64. The van der Waals surface area contributed by atoms with Gasteiger partial charge in [0.05, 0.1) is 17.4 Å². The average molecular weight is 372 g/mol. The molecule has 0 radical (unpaired) electrons. The van der Waals surface area contributed by atoms with Gasteiger partial charge in [0.25, 0.3) is 0 Å². The summed E-state index contributed by atoms with van der Waals surface area (Å²) < 4.78 is 33.2. The Bertz CT molecular complexity index is 674. The summed E-state index contributed by atoms with van der Waals surface area (Å²) >= 11 is 0. The van der Waals surface area contributed by atoms with Gasteiger partial charge in [-0.2, -0.15) is 0 Å². The van der Waals surface area contributed by atoms with Crippen molar-refractivity contribution in [3.63, 3.8) is 0 Å². The Kier molecular flexibility index (Phi) is 8.34. The Morgan fingerprint density at radius 2 is 1.96 bits per heavy atom. The number of rotatable bonds is 11. The molecule has 0 aromatic heterocycles. The van der Waals surface area contributed by atoms with Crippen LogP contribution in [0.5, 0.6) is 0 Å². The van der Waals surface area contributed by atoms with Gasteiger partial charge in [-0.15, -0.1) is 0 Å². The first kappa shape index (κ1) is 21.4. The summed E-state index contributed by atoms with van der Waals surface area (Å²) in [6.07, 6.45) is 1.48. The maximum atomic E-state index is 12.6. The first-order valence-corrected chi connectivity index (χ1v) is 9.90. The highest BCUT2D eigenvalue weighted by Gasteiger charge is 2.22. The minimum atomic E-state index is -3.82. The topological polar surface area (TPSA) is 105 Å². The van der Waals surface area contributed by atoms with Crippen molar-refractivity contribution in [2.24, 2.45) is 0 Å². The number of nitrogens with one attached hydrogen (secondary N) is 2. The standard InChI is InChI=1S/C17H28N2O5S/c1-5-13(4)19-25(22,23)16-11-14(17(20)21)7-8-15(16)18-9-6-10-24-12(2)3/h7-8,11-13,18-19H,5-6,9-10H2,1-4H3,(H,20,21)/t13-/m0/s1. The van der Waals surface area contributed by atoms with Crippen LogP contribution in [0, 0.1) is 0 Å². The highest BCUT2D eigenvalue weighted by atomic mass is 32.2. The first-order chi connectivity index (χ1) is 11.7. The SMILES string of the molecule is CC[C@H](C)NS(=O)(=O)c1cc(C(=O)O)ccc1NCCCOC(C)C. The van der Waals surface area contributed by atoms with Crippen molar-refractivity contribution in [3.05, 3.63) is 23.8 Å². The molecule has 0 aliphatic rings. The number of aromatic carboxylic acids is 1. The van der Waals surface area contributed by atoms with E-state index in [0.717, 1.165) is 0 Å². The van der Waals surface area contributed by atoms with Crippen LogP contribution in [0.25, 0.3) is 0 Å². The van der Waals surface area contributed by atoms with Gasteiger partial charge < -0.3 is 15.2 Å². The number of carbonyl (C=O) groups is 1. The summed E-state index contributed by atoms with van der Waals surface area (Å²) in [7, 11) is -3.82. The Morgan fingerprint density at radius 1 is 1.28 bits per heavy atom. The van der Waals surface area contributed by atoms with Gasteiger partial charge in [0.15, 0.2) is 0 Å². The van der Waals surface area contributed by atoms with Crippen LogP contribution in [0.15, 0.2) is 23.1 Å². The van der Waals surface area contributed by atoms with Crippen LogP contribution in [-0.4, -0.2) is 44.8 Å². The molecule has 0 unspecified atom stereocenters. The van der Waals surface area contributed by atoms with Gasteiger partial charge in [0.2, 0.25) is 10.0 Å². The smallest absolute Gasteiger partial charge is 0.335 e. The number of benzene rings is 1. The molecule has 3 N–H and O–H groups in total. The normalized spacial score (nSPS) is 13.0. The van der Waals surface area contributed by atoms with E-state index in [9.17, 15) is 13.2 Å². The van der Waals surface area contributed by atoms with E-state index in [1.54, 1.807) is 6.92 Å². The van der Waals surface area contributed by atoms with Gasteiger partial charge in [-0.1, -0.05) is 6.92 Å². The number of anilines is 1. The highest BCUT2D eigenvalue weighted by molar-refractivity contribution is 7.89. The summed E-state index contributed by atoms with van der Waals surface area (Å²) in [6, 6.07) is 3.81. The first-order valence-electron chi connectivity index (χ1n) is 8.42. The number of sulfonamides is 1. The van der Waals surface area contributed by atoms with Crippen LogP contribution in [0.1, 0.15) is 50.9 Å². The molecule has 25 heavy (non-hydrogen) atoms. The molecule has 7 nitrogen and oxygen atoms in total. The molecule has 142 valence electrons. The minimum Gasteiger partial charge on any atom is -0.478 e. The second-order valence-corrected chi connectivity index (χ2v) is 7.83. The third-order valence-corrected chi connectivity index (χ3v) is 5.20. The Balaban J connectivity index is 2.98. The summed E-state index contributed by atoms with van der Waals surface area (Å²) in [5, 5.41) is 12.2. The molecule has 1 atom stereocenters. The molecule has 1 rings (SSSR count). The largest absolute Gasteiger partial charge is 0.478 e.